The second kappa shape index (κ2) is 12.1. The summed E-state index contributed by atoms with van der Waals surface area (Å²) < 4.78 is 10.7. The lowest BCUT2D eigenvalue weighted by atomic mass is 9.84. The third-order valence-corrected chi connectivity index (χ3v) is 4.65. The van der Waals surface area contributed by atoms with Crippen LogP contribution < -0.4 is 15.8 Å². The van der Waals surface area contributed by atoms with Gasteiger partial charge in [-0.15, -0.1) is 12.4 Å². The molecule has 1 atom stereocenters. The number of methoxy groups -OCH3 is 1. The predicted octanol–water partition coefficient (Wildman–Crippen LogP) is 3.16. The number of carbonyl (C=O) groups excluding carboxylic acids is 1. The van der Waals surface area contributed by atoms with Gasteiger partial charge in [0.25, 0.3) is 5.91 Å². The van der Waals surface area contributed by atoms with E-state index in [1.165, 1.54) is 19.3 Å². The van der Waals surface area contributed by atoms with Crippen molar-refractivity contribution in [3.63, 3.8) is 0 Å². The molecule has 1 fully saturated rings. The van der Waals surface area contributed by atoms with E-state index in [1.54, 1.807) is 13.2 Å². The van der Waals surface area contributed by atoms with Crippen molar-refractivity contribution in [2.45, 2.75) is 44.6 Å². The van der Waals surface area contributed by atoms with Gasteiger partial charge in [0, 0.05) is 38.3 Å². The van der Waals surface area contributed by atoms with Gasteiger partial charge in [0.05, 0.1) is 6.61 Å². The van der Waals surface area contributed by atoms with E-state index in [0.29, 0.717) is 37.0 Å². The quantitative estimate of drug-likeness (QED) is 0.655. The number of carbonyl (C=O) groups is 1. The Morgan fingerprint density at radius 3 is 2.72 bits per heavy atom. The molecule has 1 aromatic rings. The maximum absolute atomic E-state index is 12.5. The van der Waals surface area contributed by atoms with E-state index in [1.807, 2.05) is 18.2 Å². The minimum Gasteiger partial charge on any atom is -0.493 e. The van der Waals surface area contributed by atoms with Crippen LogP contribution >= 0.6 is 12.4 Å². The molecule has 0 bridgehead atoms. The average molecular weight is 371 g/mol. The number of hydrogen-bond donors (Lipinski definition) is 2. The van der Waals surface area contributed by atoms with Crippen LogP contribution in [0.4, 0.5) is 0 Å². The Morgan fingerprint density at radius 1 is 1.28 bits per heavy atom. The largest absolute Gasteiger partial charge is 0.493 e. The van der Waals surface area contributed by atoms with Crippen molar-refractivity contribution in [1.29, 1.82) is 0 Å². The summed E-state index contributed by atoms with van der Waals surface area (Å²) in [5, 5.41) is 3.12. The number of nitrogens with two attached hydrogens (primary N) is 1. The van der Waals surface area contributed by atoms with E-state index >= 15 is 0 Å². The van der Waals surface area contributed by atoms with Crippen LogP contribution in [-0.2, 0) is 4.74 Å². The van der Waals surface area contributed by atoms with Crippen LogP contribution in [0.2, 0.25) is 0 Å². The Bertz CT molecular complexity index is 507. The number of nitrogens with one attached hydrogen (secondary N) is 1. The van der Waals surface area contributed by atoms with Gasteiger partial charge in [-0.3, -0.25) is 4.79 Å². The Hall–Kier alpha value is -1.30. The molecule has 5 nitrogen and oxygen atoms in total. The van der Waals surface area contributed by atoms with Gasteiger partial charge in [0.1, 0.15) is 5.75 Å². The van der Waals surface area contributed by atoms with Crippen molar-refractivity contribution in [1.82, 2.24) is 5.32 Å². The Balaban J connectivity index is 0.00000312. The van der Waals surface area contributed by atoms with Crippen LogP contribution in [0.15, 0.2) is 24.3 Å². The lowest BCUT2D eigenvalue weighted by Crippen LogP contribution is -2.45. The van der Waals surface area contributed by atoms with E-state index in [9.17, 15) is 4.79 Å². The SMILES string of the molecule is COCCCOc1cccc(C(=O)NC(CN)C2CCCCC2)c1.Cl. The fourth-order valence-electron chi connectivity index (χ4n) is 3.28. The molecule has 1 aliphatic carbocycles. The summed E-state index contributed by atoms with van der Waals surface area (Å²) in [4.78, 5) is 12.5. The molecule has 6 heteroatoms. The standard InChI is InChI=1S/C19H30N2O3.ClH/c1-23-11-6-12-24-17-10-5-9-16(13-17)19(22)21-18(14-20)15-7-3-2-4-8-15;/h5,9-10,13,15,18H,2-4,6-8,11-12,14,20H2,1H3,(H,21,22);1H. The monoisotopic (exact) mass is 370 g/mol. The molecule has 0 aromatic heterocycles. The van der Waals surface area contributed by atoms with Crippen molar-refractivity contribution >= 4 is 18.3 Å². The van der Waals surface area contributed by atoms with Gasteiger partial charge in [0.15, 0.2) is 0 Å². The first-order valence-corrected chi connectivity index (χ1v) is 8.97. The number of halogens is 1. The molecule has 0 spiro atoms. The summed E-state index contributed by atoms with van der Waals surface area (Å²) in [7, 11) is 1.67. The average Bonchev–Trinajstić information content (AvgIpc) is 2.64. The third kappa shape index (κ3) is 7.22. The highest BCUT2D eigenvalue weighted by Gasteiger charge is 2.24. The van der Waals surface area contributed by atoms with Crippen LogP contribution in [0.1, 0.15) is 48.9 Å². The smallest absolute Gasteiger partial charge is 0.251 e. The molecular weight excluding hydrogens is 340 g/mol. The first-order valence-electron chi connectivity index (χ1n) is 8.97. The fraction of sp³-hybridized carbons (Fsp3) is 0.632. The van der Waals surface area contributed by atoms with Crippen molar-refractivity contribution in [3.05, 3.63) is 29.8 Å². The molecular formula is C19H31ClN2O3. The fourth-order valence-corrected chi connectivity index (χ4v) is 3.28. The number of rotatable bonds is 9. The molecule has 142 valence electrons. The zero-order valence-electron chi connectivity index (χ0n) is 15.0. The van der Waals surface area contributed by atoms with E-state index in [4.69, 9.17) is 15.2 Å². The Morgan fingerprint density at radius 2 is 2.04 bits per heavy atom. The number of benzene rings is 1. The molecule has 2 rings (SSSR count). The lowest BCUT2D eigenvalue weighted by Gasteiger charge is -2.30. The molecule has 1 amide bonds. The lowest BCUT2D eigenvalue weighted by molar-refractivity contribution is 0.0915. The first kappa shape index (κ1) is 21.7. The van der Waals surface area contributed by atoms with E-state index in [0.717, 1.165) is 19.3 Å². The molecule has 1 unspecified atom stereocenters. The molecule has 1 saturated carbocycles. The summed E-state index contributed by atoms with van der Waals surface area (Å²) in [6, 6.07) is 7.37. The highest BCUT2D eigenvalue weighted by molar-refractivity contribution is 5.94. The van der Waals surface area contributed by atoms with Crippen LogP contribution in [0, 0.1) is 5.92 Å². The topological polar surface area (TPSA) is 73.6 Å². The van der Waals surface area contributed by atoms with Gasteiger partial charge < -0.3 is 20.5 Å². The maximum Gasteiger partial charge on any atom is 0.251 e. The highest BCUT2D eigenvalue weighted by Crippen LogP contribution is 2.26. The van der Waals surface area contributed by atoms with Gasteiger partial charge in [-0.1, -0.05) is 25.3 Å². The molecule has 0 saturated heterocycles. The highest BCUT2D eigenvalue weighted by atomic mass is 35.5. The van der Waals surface area contributed by atoms with Crippen molar-refractivity contribution < 1.29 is 14.3 Å². The second-order valence-corrected chi connectivity index (χ2v) is 6.44. The molecule has 0 aliphatic heterocycles. The minimum atomic E-state index is -0.0710. The molecule has 1 aliphatic rings. The van der Waals surface area contributed by atoms with Crippen molar-refractivity contribution in [3.8, 4) is 5.75 Å². The molecule has 25 heavy (non-hydrogen) atoms. The van der Waals surface area contributed by atoms with E-state index in [-0.39, 0.29) is 24.4 Å². The zero-order valence-corrected chi connectivity index (χ0v) is 15.9. The van der Waals surface area contributed by atoms with Crippen molar-refractivity contribution in [2.24, 2.45) is 11.7 Å². The summed E-state index contributed by atoms with van der Waals surface area (Å²) in [6.07, 6.45) is 6.91. The summed E-state index contributed by atoms with van der Waals surface area (Å²) in [5.41, 5.74) is 6.52. The maximum atomic E-state index is 12.5. The molecule has 3 N–H and O–H groups in total. The van der Waals surface area contributed by atoms with E-state index in [2.05, 4.69) is 5.32 Å². The van der Waals surface area contributed by atoms with Crippen LogP contribution in [0.5, 0.6) is 5.75 Å². The van der Waals surface area contributed by atoms with Crippen molar-refractivity contribution in [2.75, 3.05) is 26.9 Å². The van der Waals surface area contributed by atoms with E-state index < -0.39 is 0 Å². The first-order chi connectivity index (χ1) is 11.7. The molecule has 0 heterocycles. The molecule has 1 aromatic carbocycles. The van der Waals surface area contributed by atoms with Gasteiger partial charge in [-0.2, -0.15) is 0 Å². The minimum absolute atomic E-state index is 0. The Labute approximate surface area is 157 Å². The van der Waals surface area contributed by atoms with Crippen LogP contribution in [-0.4, -0.2) is 38.8 Å². The second-order valence-electron chi connectivity index (χ2n) is 6.44. The Kier molecular flexibility index (Phi) is 10.5. The molecule has 0 radical (unpaired) electrons. The summed E-state index contributed by atoms with van der Waals surface area (Å²) in [6.45, 7) is 1.73. The number of amides is 1. The van der Waals surface area contributed by atoms with Crippen LogP contribution in [0.25, 0.3) is 0 Å². The number of hydrogen-bond acceptors (Lipinski definition) is 4. The van der Waals surface area contributed by atoms with Crippen LogP contribution in [0.3, 0.4) is 0 Å². The third-order valence-electron chi connectivity index (χ3n) is 4.65. The van der Waals surface area contributed by atoms with Gasteiger partial charge in [-0.05, 0) is 37.0 Å². The zero-order chi connectivity index (χ0) is 17.2. The van der Waals surface area contributed by atoms with Gasteiger partial charge in [-0.25, -0.2) is 0 Å². The normalized spacial score (nSPS) is 15.9. The van der Waals surface area contributed by atoms with Gasteiger partial charge in [0.2, 0.25) is 0 Å². The van der Waals surface area contributed by atoms with Gasteiger partial charge >= 0.3 is 0 Å². The summed E-state index contributed by atoms with van der Waals surface area (Å²) >= 11 is 0. The summed E-state index contributed by atoms with van der Waals surface area (Å²) in [5.74, 6) is 1.14. The predicted molar refractivity (Wildman–Crippen MR) is 103 cm³/mol. The number of ether oxygens (including phenoxy) is 2.